The molecule has 0 aromatic heterocycles. The van der Waals surface area contributed by atoms with E-state index in [0.717, 1.165) is 12.8 Å². The van der Waals surface area contributed by atoms with Gasteiger partial charge in [0, 0.05) is 5.92 Å². The molecule has 0 aliphatic heterocycles. The van der Waals surface area contributed by atoms with Crippen LogP contribution in [0.5, 0.6) is 0 Å². The summed E-state index contributed by atoms with van der Waals surface area (Å²) >= 11 is 0. The van der Waals surface area contributed by atoms with Gasteiger partial charge in [0.1, 0.15) is 0 Å². The number of rotatable bonds is 6. The lowest BCUT2D eigenvalue weighted by atomic mass is 10.0. The summed E-state index contributed by atoms with van der Waals surface area (Å²) in [5.74, 6) is -0.574. The fraction of sp³-hybridized carbons (Fsp3) is 1.00. The molecule has 0 amide bonds. The number of halogens is 1. The molecule has 0 aromatic carbocycles. The van der Waals surface area contributed by atoms with Gasteiger partial charge in [-0.1, -0.05) is 26.7 Å². The van der Waals surface area contributed by atoms with Crippen LogP contribution < -0.4 is 0 Å². The molecule has 3 nitrogen and oxygen atoms in total. The van der Waals surface area contributed by atoms with Gasteiger partial charge in [-0.25, -0.2) is 4.39 Å². The van der Waals surface area contributed by atoms with Gasteiger partial charge < -0.3 is 0 Å². The van der Waals surface area contributed by atoms with Crippen molar-refractivity contribution in [1.82, 2.24) is 0 Å². The minimum Gasteiger partial charge on any atom is -0.283 e. The molecular formula is C8H17FO3S. The van der Waals surface area contributed by atoms with Crippen LogP contribution in [0.3, 0.4) is 0 Å². The molecule has 0 aliphatic rings. The molecule has 0 spiro atoms. The molecule has 0 heterocycles. The van der Waals surface area contributed by atoms with Gasteiger partial charge >= 0.3 is 0 Å². The Morgan fingerprint density at radius 2 is 1.92 bits per heavy atom. The van der Waals surface area contributed by atoms with Crippen LogP contribution in [0.15, 0.2) is 0 Å². The first-order valence-corrected chi connectivity index (χ1v) is 6.04. The second-order valence-corrected chi connectivity index (χ2v) is 4.66. The normalized spacial score (nSPS) is 16.9. The average molecular weight is 212 g/mol. The van der Waals surface area contributed by atoms with Crippen LogP contribution >= 0.6 is 0 Å². The summed E-state index contributed by atoms with van der Waals surface area (Å²) in [6.45, 7) is 3.67. The van der Waals surface area contributed by atoms with Crippen LogP contribution in [-0.4, -0.2) is 18.5 Å². The van der Waals surface area contributed by atoms with Crippen LogP contribution in [0, 0.1) is 5.92 Å². The highest BCUT2D eigenvalue weighted by molar-refractivity contribution is 7.86. The zero-order valence-electron chi connectivity index (χ0n) is 8.03. The molecule has 0 aromatic rings. The van der Waals surface area contributed by atoms with Crippen LogP contribution in [0.2, 0.25) is 0 Å². The third kappa shape index (κ3) is 4.57. The van der Waals surface area contributed by atoms with Crippen LogP contribution in [-0.2, 0) is 10.1 Å². The monoisotopic (exact) mass is 212 g/mol. The van der Waals surface area contributed by atoms with E-state index in [-0.39, 0.29) is 0 Å². The Morgan fingerprint density at radius 3 is 2.23 bits per heavy atom. The average Bonchev–Trinajstić information content (AvgIpc) is 2.04. The maximum atomic E-state index is 13.1. The Balaban J connectivity index is 4.24. The highest BCUT2D eigenvalue weighted by Crippen LogP contribution is 2.22. The summed E-state index contributed by atoms with van der Waals surface area (Å²) < 4.78 is 42.5. The second kappa shape index (κ2) is 5.54. The molecule has 2 atom stereocenters. The molecule has 0 saturated heterocycles. The maximum Gasteiger partial charge on any atom is 0.297 e. The fourth-order valence-corrected chi connectivity index (χ4v) is 2.04. The molecule has 0 rings (SSSR count). The van der Waals surface area contributed by atoms with Crippen molar-refractivity contribution in [2.24, 2.45) is 5.92 Å². The molecule has 80 valence electrons. The minimum atomic E-state index is -4.51. The van der Waals surface area contributed by atoms with E-state index in [9.17, 15) is 12.8 Å². The van der Waals surface area contributed by atoms with Gasteiger partial charge in [0.25, 0.3) is 10.1 Å². The van der Waals surface area contributed by atoms with E-state index in [0.29, 0.717) is 12.8 Å². The van der Waals surface area contributed by atoms with Gasteiger partial charge in [-0.05, 0) is 12.8 Å². The first-order valence-electron chi connectivity index (χ1n) is 4.53. The maximum absolute atomic E-state index is 13.1. The smallest absolute Gasteiger partial charge is 0.283 e. The lowest BCUT2D eigenvalue weighted by Crippen LogP contribution is -2.24. The summed E-state index contributed by atoms with van der Waals surface area (Å²) in [6, 6.07) is 0. The van der Waals surface area contributed by atoms with Crippen molar-refractivity contribution >= 4 is 10.1 Å². The first-order chi connectivity index (χ1) is 5.93. The van der Waals surface area contributed by atoms with Gasteiger partial charge in [-0.2, -0.15) is 8.42 Å². The van der Waals surface area contributed by atoms with E-state index in [1.165, 1.54) is 0 Å². The lowest BCUT2D eigenvalue weighted by Gasteiger charge is -2.16. The Morgan fingerprint density at radius 1 is 1.38 bits per heavy atom. The van der Waals surface area contributed by atoms with E-state index in [1.54, 1.807) is 6.92 Å². The molecule has 2 unspecified atom stereocenters. The topological polar surface area (TPSA) is 54.4 Å². The second-order valence-electron chi connectivity index (χ2n) is 3.18. The molecular weight excluding hydrogens is 195 g/mol. The van der Waals surface area contributed by atoms with Crippen molar-refractivity contribution in [3.63, 3.8) is 0 Å². The quantitative estimate of drug-likeness (QED) is 0.688. The van der Waals surface area contributed by atoms with Crippen molar-refractivity contribution in [3.05, 3.63) is 0 Å². The summed E-state index contributed by atoms with van der Waals surface area (Å²) in [5, 5.41) is 0. The molecule has 0 aliphatic carbocycles. The third-order valence-electron chi connectivity index (χ3n) is 2.11. The van der Waals surface area contributed by atoms with Crippen molar-refractivity contribution in [1.29, 1.82) is 0 Å². The number of hydrogen-bond donors (Lipinski definition) is 1. The number of alkyl halides is 1. The van der Waals surface area contributed by atoms with Crippen LogP contribution in [0.4, 0.5) is 4.39 Å². The largest absolute Gasteiger partial charge is 0.297 e. The molecule has 0 fully saturated rings. The fourth-order valence-electron chi connectivity index (χ4n) is 1.23. The standard InChI is InChI=1S/C8H17FO3S/c1-3-5-6-7(4-2)8(9)13(10,11)12/h7-8H,3-6H2,1-2H3,(H,10,11,12). The van der Waals surface area contributed by atoms with Gasteiger partial charge in [0.05, 0.1) is 0 Å². The van der Waals surface area contributed by atoms with Crippen molar-refractivity contribution in [2.45, 2.75) is 45.0 Å². The number of hydrogen-bond acceptors (Lipinski definition) is 2. The molecule has 0 saturated carbocycles. The predicted octanol–water partition coefficient (Wildman–Crippen LogP) is 2.39. The third-order valence-corrected chi connectivity index (χ3v) is 3.06. The van der Waals surface area contributed by atoms with Gasteiger partial charge in [-0.3, -0.25) is 4.55 Å². The summed E-state index contributed by atoms with van der Waals surface area (Å²) in [4.78, 5) is 0. The highest BCUT2D eigenvalue weighted by atomic mass is 32.2. The summed E-state index contributed by atoms with van der Waals surface area (Å²) in [5.41, 5.74) is -2.12. The molecule has 0 bridgehead atoms. The van der Waals surface area contributed by atoms with Gasteiger partial charge in [0.2, 0.25) is 5.50 Å². The van der Waals surface area contributed by atoms with Crippen LogP contribution in [0.1, 0.15) is 39.5 Å². The molecule has 13 heavy (non-hydrogen) atoms. The van der Waals surface area contributed by atoms with Crippen molar-refractivity contribution in [3.8, 4) is 0 Å². The van der Waals surface area contributed by atoms with Crippen molar-refractivity contribution in [2.75, 3.05) is 0 Å². The predicted molar refractivity (Wildman–Crippen MR) is 49.8 cm³/mol. The Bertz CT molecular complexity index is 226. The van der Waals surface area contributed by atoms with Gasteiger partial charge in [0.15, 0.2) is 0 Å². The van der Waals surface area contributed by atoms with Crippen LogP contribution in [0.25, 0.3) is 0 Å². The highest BCUT2D eigenvalue weighted by Gasteiger charge is 2.30. The van der Waals surface area contributed by atoms with E-state index in [2.05, 4.69) is 0 Å². The minimum absolute atomic E-state index is 0.432. The van der Waals surface area contributed by atoms with E-state index in [4.69, 9.17) is 4.55 Å². The Hall–Kier alpha value is -0.160. The zero-order chi connectivity index (χ0) is 10.5. The summed E-state index contributed by atoms with van der Waals surface area (Å²) in [6.07, 6.45) is 2.62. The molecule has 0 radical (unpaired) electrons. The number of unbranched alkanes of at least 4 members (excludes halogenated alkanes) is 1. The SMILES string of the molecule is CCCCC(CC)C(F)S(=O)(=O)O. The Labute approximate surface area is 79.1 Å². The molecule has 1 N–H and O–H groups in total. The first kappa shape index (κ1) is 12.8. The van der Waals surface area contributed by atoms with E-state index < -0.39 is 21.5 Å². The lowest BCUT2D eigenvalue weighted by molar-refractivity contribution is 0.262. The molecule has 5 heteroatoms. The van der Waals surface area contributed by atoms with E-state index >= 15 is 0 Å². The zero-order valence-corrected chi connectivity index (χ0v) is 8.85. The van der Waals surface area contributed by atoms with Gasteiger partial charge in [-0.15, -0.1) is 0 Å². The van der Waals surface area contributed by atoms with E-state index in [1.807, 2.05) is 6.92 Å². The summed E-state index contributed by atoms with van der Waals surface area (Å²) in [7, 11) is -4.51. The van der Waals surface area contributed by atoms with Crippen molar-refractivity contribution < 1.29 is 17.4 Å². The Kier molecular flexibility index (Phi) is 5.48.